The van der Waals surface area contributed by atoms with Gasteiger partial charge in [-0.2, -0.15) is 0 Å². The van der Waals surface area contributed by atoms with Crippen LogP contribution in [0.1, 0.15) is 23.2 Å². The van der Waals surface area contributed by atoms with Crippen molar-refractivity contribution in [2.75, 3.05) is 29.6 Å². The van der Waals surface area contributed by atoms with Crippen molar-refractivity contribution in [2.24, 2.45) is 5.73 Å². The molecule has 0 radical (unpaired) electrons. The standard InChI is InChI=1S/C19H22N6OS/c1-27-15-10-23-18-16(17(15)25-7-3-5-13(20)11-25)14(9-22-18)24-19(26)12-4-2-6-21-8-12/h2,4,6,8-10,13H,3,5,7,11,20H2,1H3,(H,22,23)(H,24,26). The van der Waals surface area contributed by atoms with E-state index in [-0.39, 0.29) is 11.9 Å². The van der Waals surface area contributed by atoms with Crippen LogP contribution in [0.3, 0.4) is 0 Å². The first-order valence-corrected chi connectivity index (χ1v) is 10.2. The molecule has 7 nitrogen and oxygen atoms in total. The number of amides is 1. The third-order valence-electron chi connectivity index (χ3n) is 4.81. The highest BCUT2D eigenvalue weighted by atomic mass is 32.2. The molecule has 1 fully saturated rings. The van der Waals surface area contributed by atoms with Gasteiger partial charge in [0.05, 0.1) is 22.3 Å². The lowest BCUT2D eigenvalue weighted by Crippen LogP contribution is -2.43. The molecule has 4 heterocycles. The van der Waals surface area contributed by atoms with Gasteiger partial charge in [-0.3, -0.25) is 9.78 Å². The van der Waals surface area contributed by atoms with Gasteiger partial charge in [0.25, 0.3) is 5.91 Å². The Bertz CT molecular complexity index is 957. The number of rotatable bonds is 4. The van der Waals surface area contributed by atoms with Crippen molar-refractivity contribution in [3.05, 3.63) is 42.5 Å². The van der Waals surface area contributed by atoms with Crippen LogP contribution in [0.2, 0.25) is 0 Å². The van der Waals surface area contributed by atoms with E-state index in [4.69, 9.17) is 5.73 Å². The van der Waals surface area contributed by atoms with E-state index in [0.717, 1.165) is 53.2 Å². The number of nitrogens with two attached hydrogens (primary N) is 1. The lowest BCUT2D eigenvalue weighted by Gasteiger charge is -2.34. The zero-order valence-electron chi connectivity index (χ0n) is 15.1. The summed E-state index contributed by atoms with van der Waals surface area (Å²) < 4.78 is 0. The topological polar surface area (TPSA) is 99.9 Å². The second-order valence-electron chi connectivity index (χ2n) is 6.65. The molecular weight excluding hydrogens is 360 g/mol. The highest BCUT2D eigenvalue weighted by Crippen LogP contribution is 2.40. The Morgan fingerprint density at radius 2 is 2.33 bits per heavy atom. The lowest BCUT2D eigenvalue weighted by molar-refractivity contribution is 0.102. The van der Waals surface area contributed by atoms with Crippen LogP contribution in [-0.4, -0.2) is 46.2 Å². The fraction of sp³-hybridized carbons (Fsp3) is 0.316. The Hall–Kier alpha value is -2.58. The van der Waals surface area contributed by atoms with Gasteiger partial charge in [0, 0.05) is 48.8 Å². The average Bonchev–Trinajstić information content (AvgIpc) is 3.10. The van der Waals surface area contributed by atoms with Crippen LogP contribution in [0, 0.1) is 0 Å². The zero-order chi connectivity index (χ0) is 18.8. The number of pyridine rings is 2. The number of piperidine rings is 1. The fourth-order valence-corrected chi connectivity index (χ4v) is 4.11. The van der Waals surface area contributed by atoms with Crippen LogP contribution in [0.25, 0.3) is 11.0 Å². The van der Waals surface area contributed by atoms with Crippen molar-refractivity contribution < 1.29 is 4.79 Å². The molecule has 140 valence electrons. The molecule has 27 heavy (non-hydrogen) atoms. The van der Waals surface area contributed by atoms with Gasteiger partial charge in [-0.25, -0.2) is 4.98 Å². The minimum absolute atomic E-state index is 0.157. The van der Waals surface area contributed by atoms with Crippen molar-refractivity contribution in [3.8, 4) is 0 Å². The van der Waals surface area contributed by atoms with Crippen molar-refractivity contribution >= 4 is 40.1 Å². The van der Waals surface area contributed by atoms with E-state index in [1.807, 2.05) is 12.5 Å². The second-order valence-corrected chi connectivity index (χ2v) is 7.49. The third kappa shape index (κ3) is 3.50. The molecule has 1 amide bonds. The number of aromatic amines is 1. The van der Waals surface area contributed by atoms with Gasteiger partial charge in [-0.1, -0.05) is 0 Å². The molecule has 8 heteroatoms. The number of nitrogens with zero attached hydrogens (tertiary/aromatic N) is 3. The zero-order valence-corrected chi connectivity index (χ0v) is 15.9. The molecule has 3 aromatic heterocycles. The summed E-state index contributed by atoms with van der Waals surface area (Å²) in [6.07, 6.45) is 11.0. The van der Waals surface area contributed by atoms with Gasteiger partial charge in [0.2, 0.25) is 0 Å². The number of fused-ring (bicyclic) bond motifs is 1. The van der Waals surface area contributed by atoms with Gasteiger partial charge in [0.15, 0.2) is 0 Å². The van der Waals surface area contributed by atoms with Crippen LogP contribution in [0.5, 0.6) is 0 Å². The largest absolute Gasteiger partial charge is 0.368 e. The molecule has 1 unspecified atom stereocenters. The van der Waals surface area contributed by atoms with Gasteiger partial charge < -0.3 is 20.9 Å². The molecule has 1 aliphatic rings. The summed E-state index contributed by atoms with van der Waals surface area (Å²) in [6.45, 7) is 1.75. The molecule has 0 saturated carbocycles. The van der Waals surface area contributed by atoms with Crippen molar-refractivity contribution in [3.63, 3.8) is 0 Å². The minimum Gasteiger partial charge on any atom is -0.368 e. The number of carbonyl (C=O) groups is 1. The highest BCUT2D eigenvalue weighted by Gasteiger charge is 2.24. The van der Waals surface area contributed by atoms with E-state index >= 15 is 0 Å². The lowest BCUT2D eigenvalue weighted by atomic mass is 10.1. The van der Waals surface area contributed by atoms with Crippen LogP contribution >= 0.6 is 11.8 Å². The minimum atomic E-state index is -0.195. The summed E-state index contributed by atoms with van der Waals surface area (Å²) in [5.41, 5.74) is 9.30. The molecule has 4 N–H and O–H groups in total. The van der Waals surface area contributed by atoms with Gasteiger partial charge in [-0.05, 0) is 31.2 Å². The number of aromatic nitrogens is 3. The van der Waals surface area contributed by atoms with Gasteiger partial charge >= 0.3 is 0 Å². The van der Waals surface area contributed by atoms with E-state index in [1.54, 1.807) is 42.5 Å². The van der Waals surface area contributed by atoms with Crippen LogP contribution in [0.4, 0.5) is 11.4 Å². The Kier molecular flexibility index (Phi) is 5.00. The summed E-state index contributed by atoms with van der Waals surface area (Å²) in [4.78, 5) is 27.7. The van der Waals surface area contributed by atoms with Crippen molar-refractivity contribution in [2.45, 2.75) is 23.8 Å². The Morgan fingerprint density at radius 1 is 1.44 bits per heavy atom. The molecule has 4 rings (SSSR count). The molecule has 0 aromatic carbocycles. The number of anilines is 2. The predicted octanol–water partition coefficient (Wildman–Crippen LogP) is 2.86. The SMILES string of the molecule is CSc1cnc2[nH]cc(NC(=O)c3cccnc3)c2c1N1CCCC(N)C1. The molecule has 3 aromatic rings. The molecular formula is C19H22N6OS. The van der Waals surface area contributed by atoms with E-state index in [2.05, 4.69) is 25.2 Å². The van der Waals surface area contributed by atoms with Gasteiger partial charge in [0.1, 0.15) is 5.65 Å². The van der Waals surface area contributed by atoms with E-state index < -0.39 is 0 Å². The number of hydrogen-bond donors (Lipinski definition) is 3. The number of hydrogen-bond acceptors (Lipinski definition) is 6. The molecule has 0 bridgehead atoms. The maximum absolute atomic E-state index is 12.6. The molecule has 0 aliphatic carbocycles. The van der Waals surface area contributed by atoms with Crippen molar-refractivity contribution in [1.82, 2.24) is 15.0 Å². The monoisotopic (exact) mass is 382 g/mol. The van der Waals surface area contributed by atoms with Crippen LogP contribution in [0.15, 0.2) is 41.8 Å². The Balaban J connectivity index is 1.77. The van der Waals surface area contributed by atoms with Gasteiger partial charge in [-0.15, -0.1) is 11.8 Å². The predicted molar refractivity (Wildman–Crippen MR) is 109 cm³/mol. The maximum atomic E-state index is 12.6. The second kappa shape index (κ2) is 7.58. The fourth-order valence-electron chi connectivity index (χ4n) is 3.53. The van der Waals surface area contributed by atoms with E-state index in [0.29, 0.717) is 5.56 Å². The number of thioether (sulfide) groups is 1. The summed E-state index contributed by atoms with van der Waals surface area (Å²) in [7, 11) is 0. The smallest absolute Gasteiger partial charge is 0.257 e. The first kappa shape index (κ1) is 17.8. The average molecular weight is 382 g/mol. The van der Waals surface area contributed by atoms with Crippen molar-refractivity contribution in [1.29, 1.82) is 0 Å². The quantitative estimate of drug-likeness (QED) is 0.600. The third-order valence-corrected chi connectivity index (χ3v) is 5.54. The number of H-pyrrole nitrogens is 1. The van der Waals surface area contributed by atoms with Crippen LogP contribution < -0.4 is 16.0 Å². The van der Waals surface area contributed by atoms with Crippen LogP contribution in [-0.2, 0) is 0 Å². The first-order valence-electron chi connectivity index (χ1n) is 8.93. The highest BCUT2D eigenvalue weighted by molar-refractivity contribution is 7.98. The van der Waals surface area contributed by atoms with E-state index in [1.165, 1.54) is 0 Å². The Morgan fingerprint density at radius 3 is 3.07 bits per heavy atom. The summed E-state index contributed by atoms with van der Waals surface area (Å²) >= 11 is 1.65. The molecule has 1 aliphatic heterocycles. The molecule has 0 spiro atoms. The van der Waals surface area contributed by atoms with E-state index in [9.17, 15) is 4.79 Å². The summed E-state index contributed by atoms with van der Waals surface area (Å²) in [5, 5.41) is 3.93. The number of carbonyl (C=O) groups excluding carboxylic acids is 1. The summed E-state index contributed by atoms with van der Waals surface area (Å²) in [6, 6.07) is 3.65. The maximum Gasteiger partial charge on any atom is 0.257 e. The normalized spacial score (nSPS) is 17.3. The first-order chi connectivity index (χ1) is 13.2. The molecule has 1 atom stereocenters. The number of nitrogens with one attached hydrogen (secondary N) is 2. The Labute approximate surface area is 161 Å². The molecule has 1 saturated heterocycles. The summed E-state index contributed by atoms with van der Waals surface area (Å²) in [5.74, 6) is -0.195.